The van der Waals surface area contributed by atoms with Gasteiger partial charge < -0.3 is 15.5 Å². The molecule has 1 aromatic rings. The van der Waals surface area contributed by atoms with Crippen molar-refractivity contribution in [1.82, 2.24) is 9.80 Å². The van der Waals surface area contributed by atoms with E-state index in [9.17, 15) is 4.79 Å². The number of nitrogens with zero attached hydrogens (tertiary/aromatic N) is 2. The molecule has 7 heteroatoms. The first-order valence-corrected chi connectivity index (χ1v) is 9.17. The molecule has 0 aromatic heterocycles. The van der Waals surface area contributed by atoms with Gasteiger partial charge in [0.05, 0.1) is 10.0 Å². The van der Waals surface area contributed by atoms with E-state index in [1.807, 2.05) is 17.0 Å². The third kappa shape index (κ3) is 4.69. The van der Waals surface area contributed by atoms with Gasteiger partial charge >= 0.3 is 6.03 Å². The zero-order valence-corrected chi connectivity index (χ0v) is 15.6. The summed E-state index contributed by atoms with van der Waals surface area (Å²) >= 11 is 16.6. The highest BCUT2D eigenvalue weighted by Gasteiger charge is 2.30. The third-order valence-corrected chi connectivity index (χ3v) is 5.48. The molecule has 1 aliphatic heterocycles. The second-order valence-electron chi connectivity index (χ2n) is 6.00. The molecule has 1 saturated heterocycles. The summed E-state index contributed by atoms with van der Waals surface area (Å²) in [5.74, 6) is 0.516. The minimum absolute atomic E-state index is 0.00303. The normalized spacial score (nSPS) is 19.0. The van der Waals surface area contributed by atoms with Gasteiger partial charge in [0.15, 0.2) is 0 Å². The maximum Gasteiger partial charge on any atom is 0.320 e. The largest absolute Gasteiger partial charge is 0.325 e. The van der Waals surface area contributed by atoms with E-state index < -0.39 is 0 Å². The van der Waals surface area contributed by atoms with E-state index >= 15 is 0 Å². The van der Waals surface area contributed by atoms with Crippen molar-refractivity contribution in [2.75, 3.05) is 18.8 Å². The molecule has 1 aromatic carbocycles. The molecule has 2 atom stereocenters. The maximum absolute atomic E-state index is 12.9. The number of rotatable bonds is 5. The molecular formula is C16H23Cl2N3OS. The molecule has 0 spiro atoms. The van der Waals surface area contributed by atoms with Gasteiger partial charge in [0.25, 0.3) is 0 Å². The summed E-state index contributed by atoms with van der Waals surface area (Å²) in [5.41, 5.74) is 6.84. The third-order valence-electron chi connectivity index (χ3n) is 4.15. The van der Waals surface area contributed by atoms with E-state index in [0.29, 0.717) is 28.9 Å². The average molecular weight is 376 g/mol. The van der Waals surface area contributed by atoms with Crippen molar-refractivity contribution in [3.63, 3.8) is 0 Å². The van der Waals surface area contributed by atoms with Gasteiger partial charge in [-0.1, -0.05) is 35.3 Å². The fraction of sp³-hybridized carbons (Fsp3) is 0.562. The van der Waals surface area contributed by atoms with E-state index in [1.165, 1.54) is 0 Å². The van der Waals surface area contributed by atoms with Crippen LogP contribution in [0.2, 0.25) is 10.0 Å². The van der Waals surface area contributed by atoms with Crippen LogP contribution in [0.25, 0.3) is 0 Å². The Morgan fingerprint density at radius 1 is 1.52 bits per heavy atom. The number of carbonyl (C=O) groups is 1. The molecule has 4 nitrogen and oxygen atoms in total. The topological polar surface area (TPSA) is 49.6 Å². The molecule has 1 fully saturated rings. The Balaban J connectivity index is 2.19. The molecule has 0 bridgehead atoms. The fourth-order valence-electron chi connectivity index (χ4n) is 2.83. The van der Waals surface area contributed by atoms with Crippen LogP contribution in [0.3, 0.4) is 0 Å². The molecule has 0 unspecified atom stereocenters. The smallest absolute Gasteiger partial charge is 0.320 e. The van der Waals surface area contributed by atoms with Crippen molar-refractivity contribution in [3.05, 3.63) is 33.8 Å². The first-order valence-electron chi connectivity index (χ1n) is 7.79. The Kier molecular flexibility index (Phi) is 6.89. The summed E-state index contributed by atoms with van der Waals surface area (Å²) in [6, 6.07) is 5.53. The highest BCUT2D eigenvalue weighted by molar-refractivity contribution is 7.80. The van der Waals surface area contributed by atoms with E-state index in [0.717, 1.165) is 24.9 Å². The van der Waals surface area contributed by atoms with Gasteiger partial charge in [-0.25, -0.2) is 4.79 Å². The molecule has 128 valence electrons. The lowest BCUT2D eigenvalue weighted by Crippen LogP contribution is -2.48. The first kappa shape index (κ1) is 18.7. The highest BCUT2D eigenvalue weighted by atomic mass is 35.5. The molecule has 2 amide bonds. The van der Waals surface area contributed by atoms with Gasteiger partial charge in [0.1, 0.15) is 0 Å². The molecular weight excluding hydrogens is 353 g/mol. The average Bonchev–Trinajstić information content (AvgIpc) is 2.96. The number of carbonyl (C=O) groups excluding carboxylic acids is 1. The molecule has 0 aliphatic carbocycles. The van der Waals surface area contributed by atoms with Crippen LogP contribution in [-0.4, -0.2) is 46.8 Å². The van der Waals surface area contributed by atoms with Crippen molar-refractivity contribution < 1.29 is 4.79 Å². The Bertz CT molecular complexity index is 558. The van der Waals surface area contributed by atoms with Crippen LogP contribution in [0, 0.1) is 0 Å². The van der Waals surface area contributed by atoms with E-state index in [4.69, 9.17) is 28.9 Å². The molecule has 23 heavy (non-hydrogen) atoms. The van der Waals surface area contributed by atoms with Crippen molar-refractivity contribution in [1.29, 1.82) is 0 Å². The lowest BCUT2D eigenvalue weighted by Gasteiger charge is -2.32. The molecule has 2 rings (SSSR count). The number of amides is 2. The molecule has 0 saturated carbocycles. The minimum Gasteiger partial charge on any atom is -0.325 e. The highest BCUT2D eigenvalue weighted by Crippen LogP contribution is 2.27. The predicted molar refractivity (Wildman–Crippen MR) is 99.5 cm³/mol. The van der Waals surface area contributed by atoms with E-state index in [2.05, 4.69) is 19.6 Å². The second-order valence-corrected chi connectivity index (χ2v) is 7.15. The summed E-state index contributed by atoms with van der Waals surface area (Å²) in [4.78, 5) is 16.6. The first-order chi connectivity index (χ1) is 10.9. The summed E-state index contributed by atoms with van der Waals surface area (Å²) in [5, 5.41) is 0.977. The van der Waals surface area contributed by atoms with Crippen molar-refractivity contribution in [2.24, 2.45) is 5.73 Å². The Morgan fingerprint density at radius 3 is 2.87 bits per heavy atom. The summed E-state index contributed by atoms with van der Waals surface area (Å²) in [6.07, 6.45) is 2.08. The molecule has 1 heterocycles. The summed E-state index contributed by atoms with van der Waals surface area (Å²) in [7, 11) is 0. The van der Waals surface area contributed by atoms with Gasteiger partial charge in [-0.2, -0.15) is 12.6 Å². The maximum atomic E-state index is 12.9. The predicted octanol–water partition coefficient (Wildman–Crippen LogP) is 3.66. The van der Waals surface area contributed by atoms with Crippen LogP contribution in [0.1, 0.15) is 25.3 Å². The number of nitrogens with two attached hydrogens (primary N) is 1. The number of benzene rings is 1. The monoisotopic (exact) mass is 375 g/mol. The van der Waals surface area contributed by atoms with Crippen molar-refractivity contribution >= 4 is 41.9 Å². The van der Waals surface area contributed by atoms with Crippen molar-refractivity contribution in [2.45, 2.75) is 38.4 Å². The number of thiol groups is 1. The van der Waals surface area contributed by atoms with Gasteiger partial charge in [0, 0.05) is 37.5 Å². The van der Waals surface area contributed by atoms with Gasteiger partial charge in [-0.3, -0.25) is 0 Å². The minimum atomic E-state index is -0.182. The number of hydrogen-bond acceptors (Lipinski definition) is 3. The van der Waals surface area contributed by atoms with Crippen molar-refractivity contribution in [3.8, 4) is 0 Å². The standard InChI is InChI=1S/C16H23Cl2N3OS/c1-11-4-3-7-21(11)16(22)20(9-13(19)10-23)8-12-5-2-6-14(17)15(12)18/h2,5-6,11,13,23H,3-4,7-10,19H2,1H3/t11-,13-/m1/s1. The lowest BCUT2D eigenvalue weighted by atomic mass is 10.2. The summed E-state index contributed by atoms with van der Waals surface area (Å²) < 4.78 is 0. The van der Waals surface area contributed by atoms with Gasteiger partial charge in [-0.15, -0.1) is 0 Å². The molecule has 2 N–H and O–H groups in total. The van der Waals surface area contributed by atoms with Crippen LogP contribution in [0.15, 0.2) is 18.2 Å². The number of urea groups is 1. The van der Waals surface area contributed by atoms with Gasteiger partial charge in [-0.05, 0) is 31.4 Å². The quantitative estimate of drug-likeness (QED) is 0.771. The van der Waals surface area contributed by atoms with Crippen LogP contribution >= 0.6 is 35.8 Å². The van der Waals surface area contributed by atoms with Gasteiger partial charge in [0.2, 0.25) is 0 Å². The van der Waals surface area contributed by atoms with Crippen LogP contribution < -0.4 is 5.73 Å². The van der Waals surface area contributed by atoms with E-state index in [1.54, 1.807) is 11.0 Å². The Labute approximate surface area is 153 Å². The zero-order valence-electron chi connectivity index (χ0n) is 13.2. The fourth-order valence-corrected chi connectivity index (χ4v) is 3.32. The number of hydrogen-bond donors (Lipinski definition) is 2. The van der Waals surface area contributed by atoms with Crippen LogP contribution in [-0.2, 0) is 6.54 Å². The SMILES string of the molecule is C[C@@H]1CCCN1C(=O)N(Cc1cccc(Cl)c1Cl)C[C@@H](N)CS. The van der Waals surface area contributed by atoms with Crippen LogP contribution in [0.4, 0.5) is 4.79 Å². The Morgan fingerprint density at radius 2 is 2.26 bits per heavy atom. The summed E-state index contributed by atoms with van der Waals surface area (Å²) in [6.45, 7) is 3.70. The molecule has 0 radical (unpaired) electrons. The number of likely N-dealkylation sites (tertiary alicyclic amines) is 1. The number of halogens is 2. The van der Waals surface area contributed by atoms with E-state index in [-0.39, 0.29) is 18.1 Å². The molecule has 1 aliphatic rings. The Hall–Kier alpha value is -0.620. The zero-order chi connectivity index (χ0) is 17.0. The van der Waals surface area contributed by atoms with Crippen LogP contribution in [0.5, 0.6) is 0 Å². The lowest BCUT2D eigenvalue weighted by molar-refractivity contribution is 0.146. The second kappa shape index (κ2) is 8.47.